The lowest BCUT2D eigenvalue weighted by Crippen LogP contribution is -2.55. The molecule has 1 aromatic carbocycles. The summed E-state index contributed by atoms with van der Waals surface area (Å²) in [6.45, 7) is 4.35. The monoisotopic (exact) mass is 360 g/mol. The third-order valence-corrected chi connectivity index (χ3v) is 5.72. The fourth-order valence-electron chi connectivity index (χ4n) is 4.28. The fraction of sp³-hybridized carbons (Fsp3) is 0.600. The van der Waals surface area contributed by atoms with Gasteiger partial charge in [0, 0.05) is 43.6 Å². The normalized spacial score (nSPS) is 23.4. The lowest BCUT2D eigenvalue weighted by molar-refractivity contribution is -0.139. The molecule has 1 spiro atoms. The van der Waals surface area contributed by atoms with E-state index < -0.39 is 0 Å². The van der Waals surface area contributed by atoms with E-state index >= 15 is 0 Å². The van der Waals surface area contributed by atoms with Crippen LogP contribution in [0.3, 0.4) is 0 Å². The summed E-state index contributed by atoms with van der Waals surface area (Å²) in [6.07, 6.45) is 3.27. The highest BCUT2D eigenvalue weighted by Gasteiger charge is 2.42. The summed E-state index contributed by atoms with van der Waals surface area (Å²) in [4.78, 5) is 28.8. The number of β-amino-alcohol motifs (C(OH)–C–C–N with tert-alkyl or cyclic N) is 1. The van der Waals surface area contributed by atoms with E-state index in [2.05, 4.69) is 0 Å². The number of likely N-dealkylation sites (tertiary alicyclic amines) is 2. The number of hydrogen-bond acceptors (Lipinski definition) is 4. The lowest BCUT2D eigenvalue weighted by Gasteiger charge is -2.48. The molecule has 0 radical (unpaired) electrons. The van der Waals surface area contributed by atoms with Gasteiger partial charge in [0.1, 0.15) is 5.75 Å². The molecule has 0 saturated carbocycles. The van der Waals surface area contributed by atoms with E-state index in [0.29, 0.717) is 31.6 Å². The summed E-state index contributed by atoms with van der Waals surface area (Å²) < 4.78 is 5.35. The summed E-state index contributed by atoms with van der Waals surface area (Å²) in [6, 6.07) is 5.57. The van der Waals surface area contributed by atoms with Crippen LogP contribution in [0.15, 0.2) is 18.2 Å². The van der Waals surface area contributed by atoms with Crippen LogP contribution in [-0.4, -0.2) is 66.6 Å². The van der Waals surface area contributed by atoms with Crippen LogP contribution in [0.1, 0.15) is 41.6 Å². The van der Waals surface area contributed by atoms with Crippen molar-refractivity contribution < 1.29 is 19.4 Å². The van der Waals surface area contributed by atoms with Crippen LogP contribution in [0.4, 0.5) is 0 Å². The first-order valence-corrected chi connectivity index (χ1v) is 9.30. The van der Waals surface area contributed by atoms with Crippen molar-refractivity contribution in [3.63, 3.8) is 0 Å². The molecule has 6 heteroatoms. The highest BCUT2D eigenvalue weighted by molar-refractivity contribution is 5.95. The van der Waals surface area contributed by atoms with E-state index in [0.717, 1.165) is 37.1 Å². The molecular weight excluding hydrogens is 332 g/mol. The average Bonchev–Trinajstić information content (AvgIpc) is 2.65. The molecule has 0 bridgehead atoms. The second-order valence-electron chi connectivity index (χ2n) is 7.55. The summed E-state index contributed by atoms with van der Waals surface area (Å²) in [7, 11) is 1.61. The topological polar surface area (TPSA) is 70.1 Å². The van der Waals surface area contributed by atoms with Crippen molar-refractivity contribution in [3.8, 4) is 5.75 Å². The van der Waals surface area contributed by atoms with Crippen LogP contribution in [0.5, 0.6) is 5.75 Å². The van der Waals surface area contributed by atoms with Gasteiger partial charge in [0.25, 0.3) is 5.91 Å². The number of benzene rings is 1. The van der Waals surface area contributed by atoms with E-state index in [1.807, 2.05) is 24.0 Å². The van der Waals surface area contributed by atoms with Gasteiger partial charge in [-0.05, 0) is 43.9 Å². The number of hydrogen-bond donors (Lipinski definition) is 1. The average molecular weight is 360 g/mol. The number of aryl methyl sites for hydroxylation is 1. The molecular formula is C20H28N2O4. The number of amides is 2. The van der Waals surface area contributed by atoms with Gasteiger partial charge in [-0.3, -0.25) is 9.59 Å². The van der Waals surface area contributed by atoms with E-state index in [-0.39, 0.29) is 23.8 Å². The van der Waals surface area contributed by atoms with Crippen molar-refractivity contribution in [2.75, 3.05) is 39.9 Å². The Balaban J connectivity index is 1.75. The minimum atomic E-state index is -0.0498. The number of ether oxygens (including phenoxy) is 1. The first-order chi connectivity index (χ1) is 12.5. The Labute approximate surface area is 154 Å². The highest BCUT2D eigenvalue weighted by Crippen LogP contribution is 2.39. The number of carbonyl (C=O) groups excluding carboxylic acids is 2. The zero-order valence-electron chi connectivity index (χ0n) is 15.7. The molecule has 0 aliphatic carbocycles. The van der Waals surface area contributed by atoms with Gasteiger partial charge in [-0.15, -0.1) is 0 Å². The van der Waals surface area contributed by atoms with Crippen LogP contribution >= 0.6 is 0 Å². The van der Waals surface area contributed by atoms with Crippen molar-refractivity contribution >= 4 is 11.8 Å². The van der Waals surface area contributed by atoms with E-state index in [9.17, 15) is 14.7 Å². The number of aliphatic hydroxyl groups is 1. The Bertz CT molecular complexity index is 690. The second kappa shape index (κ2) is 7.66. The predicted molar refractivity (Wildman–Crippen MR) is 98.2 cm³/mol. The zero-order valence-corrected chi connectivity index (χ0v) is 15.7. The summed E-state index contributed by atoms with van der Waals surface area (Å²) in [5, 5.41) is 9.21. The Morgan fingerprint density at radius 2 is 2.12 bits per heavy atom. The summed E-state index contributed by atoms with van der Waals surface area (Å²) >= 11 is 0. The van der Waals surface area contributed by atoms with Crippen LogP contribution in [0.2, 0.25) is 0 Å². The van der Waals surface area contributed by atoms with Crippen molar-refractivity contribution in [3.05, 3.63) is 29.3 Å². The van der Waals surface area contributed by atoms with Crippen LogP contribution < -0.4 is 4.74 Å². The van der Waals surface area contributed by atoms with Crippen molar-refractivity contribution in [1.29, 1.82) is 0 Å². The molecule has 2 aliphatic rings. The number of rotatable bonds is 4. The lowest BCUT2D eigenvalue weighted by atomic mass is 9.73. The Morgan fingerprint density at radius 3 is 2.85 bits per heavy atom. The Kier molecular flexibility index (Phi) is 5.51. The molecule has 3 rings (SSSR count). The standard InChI is InChI=1S/C20H28N2O4/c1-15-4-5-16(12-17(15)26-2)19(25)22-9-3-7-20(14-22)8-6-18(24)21(13-20)10-11-23/h4-5,12,23H,3,6-11,13-14H2,1-2H3/t20-/m0/s1. The molecule has 1 N–H and O–H groups in total. The van der Waals surface area contributed by atoms with Gasteiger partial charge in [0.15, 0.2) is 0 Å². The molecule has 0 unspecified atom stereocenters. The maximum Gasteiger partial charge on any atom is 0.254 e. The molecule has 2 heterocycles. The number of nitrogens with zero attached hydrogens (tertiary/aromatic N) is 2. The van der Waals surface area contributed by atoms with Crippen molar-refractivity contribution in [1.82, 2.24) is 9.80 Å². The second-order valence-corrected chi connectivity index (χ2v) is 7.55. The van der Waals surface area contributed by atoms with E-state index in [1.165, 1.54) is 0 Å². The molecule has 1 atom stereocenters. The third-order valence-electron chi connectivity index (χ3n) is 5.72. The minimum absolute atomic E-state index is 0.0202. The first kappa shape index (κ1) is 18.7. The predicted octanol–water partition coefficient (Wildman–Crippen LogP) is 1.84. The molecule has 2 fully saturated rings. The third kappa shape index (κ3) is 3.70. The molecule has 2 amide bonds. The van der Waals surface area contributed by atoms with Gasteiger partial charge in [-0.2, -0.15) is 0 Å². The van der Waals surface area contributed by atoms with Gasteiger partial charge < -0.3 is 19.6 Å². The maximum atomic E-state index is 13.0. The molecule has 2 aliphatic heterocycles. The minimum Gasteiger partial charge on any atom is -0.496 e. The zero-order chi connectivity index (χ0) is 18.7. The molecule has 1 aromatic rings. The quantitative estimate of drug-likeness (QED) is 0.889. The Hall–Kier alpha value is -2.08. The van der Waals surface area contributed by atoms with Crippen LogP contribution in [-0.2, 0) is 4.79 Å². The SMILES string of the molecule is COc1cc(C(=O)N2CCC[C@@]3(CCC(=O)N(CCO)C3)C2)ccc1C. The van der Waals surface area contributed by atoms with E-state index in [4.69, 9.17) is 4.74 Å². The fourth-order valence-corrected chi connectivity index (χ4v) is 4.28. The van der Waals surface area contributed by atoms with Crippen molar-refractivity contribution in [2.24, 2.45) is 5.41 Å². The van der Waals surface area contributed by atoms with Gasteiger partial charge in [-0.25, -0.2) is 0 Å². The van der Waals surface area contributed by atoms with Crippen LogP contribution in [0.25, 0.3) is 0 Å². The maximum absolute atomic E-state index is 13.0. The molecule has 142 valence electrons. The smallest absolute Gasteiger partial charge is 0.254 e. The van der Waals surface area contributed by atoms with Gasteiger partial charge in [0.2, 0.25) is 5.91 Å². The molecule has 6 nitrogen and oxygen atoms in total. The largest absolute Gasteiger partial charge is 0.496 e. The number of methoxy groups -OCH3 is 1. The van der Waals surface area contributed by atoms with Gasteiger partial charge in [0.05, 0.1) is 13.7 Å². The Morgan fingerprint density at radius 1 is 1.31 bits per heavy atom. The number of piperidine rings is 2. The van der Waals surface area contributed by atoms with Crippen molar-refractivity contribution in [2.45, 2.75) is 32.6 Å². The van der Waals surface area contributed by atoms with Gasteiger partial charge in [-0.1, -0.05) is 6.07 Å². The summed E-state index contributed by atoms with van der Waals surface area (Å²) in [5.41, 5.74) is 1.60. The first-order valence-electron chi connectivity index (χ1n) is 9.30. The molecule has 26 heavy (non-hydrogen) atoms. The molecule has 2 saturated heterocycles. The molecule has 0 aromatic heterocycles. The highest BCUT2D eigenvalue weighted by atomic mass is 16.5. The number of aliphatic hydroxyl groups excluding tert-OH is 1. The van der Waals surface area contributed by atoms with Crippen LogP contribution in [0, 0.1) is 12.3 Å². The summed E-state index contributed by atoms with van der Waals surface area (Å²) in [5.74, 6) is 0.851. The number of carbonyl (C=O) groups is 2. The van der Waals surface area contributed by atoms with E-state index in [1.54, 1.807) is 18.1 Å². The van der Waals surface area contributed by atoms with Gasteiger partial charge >= 0.3 is 0 Å².